The van der Waals surface area contributed by atoms with Gasteiger partial charge in [0.2, 0.25) is 0 Å². The average molecular weight is 274 g/mol. The van der Waals surface area contributed by atoms with E-state index in [0.717, 1.165) is 24.3 Å². The number of hydrogen-bond donors (Lipinski definition) is 2. The van der Waals surface area contributed by atoms with Gasteiger partial charge in [-0.2, -0.15) is 5.10 Å². The number of carbonyl (C=O) groups is 1. The molecule has 0 aromatic carbocycles. The zero-order valence-corrected chi connectivity index (χ0v) is 11.8. The molecule has 0 fully saturated rings. The lowest BCUT2D eigenvalue weighted by molar-refractivity contribution is 0.0957. The predicted octanol–water partition coefficient (Wildman–Crippen LogP) is 1.02. The fourth-order valence-electron chi connectivity index (χ4n) is 1.94. The van der Waals surface area contributed by atoms with Gasteiger partial charge < -0.3 is 10.6 Å². The van der Waals surface area contributed by atoms with E-state index in [1.165, 1.54) is 6.33 Å². The van der Waals surface area contributed by atoms with Gasteiger partial charge in [-0.3, -0.25) is 4.79 Å². The number of rotatable bonds is 5. The van der Waals surface area contributed by atoms with Crippen LogP contribution < -0.4 is 10.6 Å². The van der Waals surface area contributed by atoms with E-state index in [4.69, 9.17) is 0 Å². The maximum atomic E-state index is 11.5. The summed E-state index contributed by atoms with van der Waals surface area (Å²) in [5.74, 6) is 1.27. The van der Waals surface area contributed by atoms with Crippen molar-refractivity contribution in [1.29, 1.82) is 0 Å². The largest absolute Gasteiger partial charge is 0.370 e. The van der Waals surface area contributed by atoms with Crippen molar-refractivity contribution in [1.82, 2.24) is 25.1 Å². The molecule has 20 heavy (non-hydrogen) atoms. The Kier molecular flexibility index (Phi) is 4.29. The topological polar surface area (TPSA) is 84.7 Å². The SMILES string of the molecule is CCNc1ncnc(-n2ccc(C(=O)NC)n2)c1CC. The molecule has 1 amide bonds. The Morgan fingerprint density at radius 3 is 2.80 bits per heavy atom. The maximum Gasteiger partial charge on any atom is 0.271 e. The van der Waals surface area contributed by atoms with Crippen molar-refractivity contribution < 1.29 is 4.79 Å². The van der Waals surface area contributed by atoms with Gasteiger partial charge in [0.15, 0.2) is 11.5 Å². The van der Waals surface area contributed by atoms with E-state index in [2.05, 4.69) is 25.7 Å². The van der Waals surface area contributed by atoms with Gasteiger partial charge in [-0.1, -0.05) is 6.92 Å². The van der Waals surface area contributed by atoms with Crippen molar-refractivity contribution in [2.24, 2.45) is 0 Å². The Bertz CT molecular complexity index is 607. The molecule has 2 aromatic heterocycles. The van der Waals surface area contributed by atoms with Crippen molar-refractivity contribution in [2.75, 3.05) is 18.9 Å². The molecule has 2 rings (SSSR count). The molecule has 0 saturated carbocycles. The minimum atomic E-state index is -0.220. The second-order valence-corrected chi connectivity index (χ2v) is 4.13. The van der Waals surface area contributed by atoms with E-state index in [1.54, 1.807) is 24.0 Å². The van der Waals surface area contributed by atoms with Crippen LogP contribution in [0.2, 0.25) is 0 Å². The molecule has 0 radical (unpaired) electrons. The first-order chi connectivity index (χ1) is 9.71. The normalized spacial score (nSPS) is 10.3. The fourth-order valence-corrected chi connectivity index (χ4v) is 1.94. The van der Waals surface area contributed by atoms with E-state index in [9.17, 15) is 4.79 Å². The Hall–Kier alpha value is -2.44. The first-order valence-electron chi connectivity index (χ1n) is 6.57. The molecular formula is C13H18N6O. The van der Waals surface area contributed by atoms with Crippen LogP contribution >= 0.6 is 0 Å². The van der Waals surface area contributed by atoms with Crippen LogP contribution in [0.3, 0.4) is 0 Å². The highest BCUT2D eigenvalue weighted by Gasteiger charge is 2.14. The first kappa shape index (κ1) is 14.0. The molecular weight excluding hydrogens is 256 g/mol. The lowest BCUT2D eigenvalue weighted by Crippen LogP contribution is -2.19. The van der Waals surface area contributed by atoms with Crippen LogP contribution in [0.25, 0.3) is 5.82 Å². The van der Waals surface area contributed by atoms with Gasteiger partial charge in [-0.15, -0.1) is 0 Å². The quantitative estimate of drug-likeness (QED) is 0.850. The van der Waals surface area contributed by atoms with Crippen molar-refractivity contribution in [2.45, 2.75) is 20.3 Å². The Balaban J connectivity index is 2.44. The monoisotopic (exact) mass is 274 g/mol. The molecule has 0 spiro atoms. The van der Waals surface area contributed by atoms with Crippen LogP contribution in [0, 0.1) is 0 Å². The number of aromatic nitrogens is 4. The van der Waals surface area contributed by atoms with Crippen molar-refractivity contribution in [3.63, 3.8) is 0 Å². The predicted molar refractivity (Wildman–Crippen MR) is 76.1 cm³/mol. The third-order valence-electron chi connectivity index (χ3n) is 2.89. The number of carbonyl (C=O) groups excluding carboxylic acids is 1. The number of hydrogen-bond acceptors (Lipinski definition) is 5. The molecule has 0 saturated heterocycles. The highest BCUT2D eigenvalue weighted by Crippen LogP contribution is 2.19. The molecule has 0 atom stereocenters. The van der Waals surface area contributed by atoms with Crippen molar-refractivity contribution in [3.05, 3.63) is 29.8 Å². The molecule has 0 aliphatic carbocycles. The summed E-state index contributed by atoms with van der Waals surface area (Å²) in [5.41, 5.74) is 1.33. The minimum absolute atomic E-state index is 0.220. The minimum Gasteiger partial charge on any atom is -0.370 e. The number of nitrogens with one attached hydrogen (secondary N) is 2. The Morgan fingerprint density at radius 2 is 2.15 bits per heavy atom. The van der Waals surface area contributed by atoms with Gasteiger partial charge >= 0.3 is 0 Å². The lowest BCUT2D eigenvalue weighted by Gasteiger charge is -2.11. The third kappa shape index (κ3) is 2.61. The van der Waals surface area contributed by atoms with Crippen LogP contribution in [0.1, 0.15) is 29.9 Å². The summed E-state index contributed by atoms with van der Waals surface area (Å²) in [5, 5.41) is 10.0. The van der Waals surface area contributed by atoms with Crippen LogP contribution in [-0.2, 0) is 6.42 Å². The van der Waals surface area contributed by atoms with Gasteiger partial charge in [0, 0.05) is 25.4 Å². The van der Waals surface area contributed by atoms with E-state index in [0.29, 0.717) is 11.5 Å². The van der Waals surface area contributed by atoms with Crippen LogP contribution in [-0.4, -0.2) is 39.2 Å². The number of anilines is 1. The zero-order chi connectivity index (χ0) is 14.5. The average Bonchev–Trinajstić information content (AvgIpc) is 2.96. The van der Waals surface area contributed by atoms with E-state index in [-0.39, 0.29) is 5.91 Å². The van der Waals surface area contributed by atoms with Crippen LogP contribution in [0.5, 0.6) is 0 Å². The summed E-state index contributed by atoms with van der Waals surface area (Å²) in [7, 11) is 1.58. The third-order valence-corrected chi connectivity index (χ3v) is 2.89. The summed E-state index contributed by atoms with van der Waals surface area (Å²) >= 11 is 0. The van der Waals surface area contributed by atoms with E-state index >= 15 is 0 Å². The van der Waals surface area contributed by atoms with E-state index in [1.807, 2.05) is 13.8 Å². The summed E-state index contributed by atoms with van der Waals surface area (Å²) in [4.78, 5) is 20.1. The van der Waals surface area contributed by atoms with Gasteiger partial charge in [0.05, 0.1) is 0 Å². The molecule has 2 heterocycles. The van der Waals surface area contributed by atoms with Crippen LogP contribution in [0.4, 0.5) is 5.82 Å². The van der Waals surface area contributed by atoms with Gasteiger partial charge in [-0.05, 0) is 19.4 Å². The van der Waals surface area contributed by atoms with E-state index < -0.39 is 0 Å². The molecule has 2 N–H and O–H groups in total. The van der Waals surface area contributed by atoms with Crippen LogP contribution in [0.15, 0.2) is 18.6 Å². The molecule has 0 aliphatic heterocycles. The fraction of sp³-hybridized carbons (Fsp3) is 0.385. The van der Waals surface area contributed by atoms with Crippen molar-refractivity contribution in [3.8, 4) is 5.82 Å². The van der Waals surface area contributed by atoms with Crippen molar-refractivity contribution >= 4 is 11.7 Å². The molecule has 0 aliphatic rings. The Morgan fingerprint density at radius 1 is 1.35 bits per heavy atom. The number of nitrogens with zero attached hydrogens (tertiary/aromatic N) is 4. The summed E-state index contributed by atoms with van der Waals surface area (Å²) in [6, 6.07) is 1.66. The highest BCUT2D eigenvalue weighted by atomic mass is 16.1. The smallest absolute Gasteiger partial charge is 0.271 e. The number of amides is 1. The second kappa shape index (κ2) is 6.14. The highest BCUT2D eigenvalue weighted by molar-refractivity contribution is 5.91. The van der Waals surface area contributed by atoms with Gasteiger partial charge in [-0.25, -0.2) is 14.6 Å². The van der Waals surface area contributed by atoms with Gasteiger partial charge in [0.25, 0.3) is 5.91 Å². The lowest BCUT2D eigenvalue weighted by atomic mass is 10.2. The molecule has 0 unspecified atom stereocenters. The standard InChI is InChI=1S/C13H18N6O/c1-4-9-11(15-5-2)16-8-17-12(9)19-7-6-10(18-19)13(20)14-3/h6-8H,4-5H2,1-3H3,(H,14,20)(H,15,16,17). The maximum absolute atomic E-state index is 11.5. The summed E-state index contributed by atoms with van der Waals surface area (Å²) in [6.07, 6.45) is 3.99. The molecule has 106 valence electrons. The molecule has 7 heteroatoms. The molecule has 2 aromatic rings. The molecule has 0 bridgehead atoms. The zero-order valence-electron chi connectivity index (χ0n) is 11.8. The first-order valence-corrected chi connectivity index (χ1v) is 6.57. The second-order valence-electron chi connectivity index (χ2n) is 4.13. The summed E-state index contributed by atoms with van der Waals surface area (Å²) in [6.45, 7) is 4.83. The Labute approximate surface area is 117 Å². The van der Waals surface area contributed by atoms with Gasteiger partial charge in [0.1, 0.15) is 12.1 Å². The summed E-state index contributed by atoms with van der Waals surface area (Å²) < 4.78 is 1.60. The molecule has 7 nitrogen and oxygen atoms in total.